The highest BCUT2D eigenvalue weighted by atomic mass is 16.6. The van der Waals surface area contributed by atoms with Gasteiger partial charge in [0.15, 0.2) is 5.82 Å². The maximum absolute atomic E-state index is 12.4. The van der Waals surface area contributed by atoms with Crippen LogP contribution in [0.3, 0.4) is 0 Å². The average molecular weight is 600 g/mol. The van der Waals surface area contributed by atoms with E-state index in [4.69, 9.17) is 9.84 Å². The van der Waals surface area contributed by atoms with Gasteiger partial charge in [0.25, 0.3) is 0 Å². The van der Waals surface area contributed by atoms with Crippen LogP contribution in [0.2, 0.25) is 0 Å². The molecule has 1 spiro atoms. The highest BCUT2D eigenvalue weighted by Crippen LogP contribution is 2.55. The van der Waals surface area contributed by atoms with Crippen LogP contribution >= 0.6 is 0 Å². The summed E-state index contributed by atoms with van der Waals surface area (Å²) in [5, 5.41) is 5.25. The number of amides is 3. The summed E-state index contributed by atoms with van der Waals surface area (Å²) in [6.45, 7) is 26.4. The molecule has 242 valence electrons. The number of nitrogens with zero attached hydrogens (tertiary/aromatic N) is 7. The van der Waals surface area contributed by atoms with Crippen LogP contribution in [0.15, 0.2) is 0 Å². The molecule has 0 bridgehead atoms. The largest absolute Gasteiger partial charge is 0.444 e. The van der Waals surface area contributed by atoms with Gasteiger partial charge in [-0.2, -0.15) is 5.10 Å². The summed E-state index contributed by atoms with van der Waals surface area (Å²) in [7, 11) is 1.92. The van der Waals surface area contributed by atoms with E-state index in [1.54, 1.807) is 0 Å². The molecule has 2 atom stereocenters. The van der Waals surface area contributed by atoms with E-state index >= 15 is 0 Å². The van der Waals surface area contributed by atoms with E-state index in [2.05, 4.69) is 47.1 Å². The lowest BCUT2D eigenvalue weighted by Gasteiger charge is -2.58. The van der Waals surface area contributed by atoms with Crippen molar-refractivity contribution in [3.63, 3.8) is 0 Å². The Morgan fingerprint density at radius 2 is 1.67 bits per heavy atom. The first-order chi connectivity index (χ1) is 20.1. The molecule has 3 amide bonds. The second kappa shape index (κ2) is 11.5. The van der Waals surface area contributed by atoms with E-state index in [-0.39, 0.29) is 23.1 Å². The number of carbonyl (C=O) groups is 2. The third-order valence-electron chi connectivity index (χ3n) is 10.5. The number of likely N-dealkylation sites (N-methyl/N-ethyl adjacent to an activating group) is 1. The Morgan fingerprint density at radius 3 is 2.30 bits per heavy atom. The Morgan fingerprint density at radius 1 is 1.00 bits per heavy atom. The Labute approximate surface area is 259 Å². The van der Waals surface area contributed by atoms with Crippen LogP contribution in [0.1, 0.15) is 91.4 Å². The zero-order chi connectivity index (χ0) is 31.5. The van der Waals surface area contributed by atoms with E-state index in [1.165, 1.54) is 17.7 Å². The number of hydrogen-bond donors (Lipinski definition) is 0. The first-order valence-corrected chi connectivity index (χ1v) is 16.7. The van der Waals surface area contributed by atoms with Gasteiger partial charge in [0.05, 0.1) is 12.1 Å². The molecule has 43 heavy (non-hydrogen) atoms. The van der Waals surface area contributed by atoms with E-state index in [9.17, 15) is 9.59 Å². The Kier molecular flexibility index (Phi) is 8.51. The second-order valence-electron chi connectivity index (χ2n) is 15.5. The lowest BCUT2D eigenvalue weighted by atomic mass is 9.61. The molecular formula is C33H57N7O3. The highest BCUT2D eigenvalue weighted by Gasteiger charge is 2.55. The van der Waals surface area contributed by atoms with E-state index in [1.807, 2.05) is 51.5 Å². The quantitative estimate of drug-likeness (QED) is 0.477. The molecule has 1 saturated carbocycles. The molecule has 10 nitrogen and oxygen atoms in total. The summed E-state index contributed by atoms with van der Waals surface area (Å²) in [5.74, 6) is 1.81. The van der Waals surface area contributed by atoms with Crippen LogP contribution < -0.4 is 4.90 Å². The van der Waals surface area contributed by atoms with Gasteiger partial charge in [-0.25, -0.2) is 9.59 Å². The van der Waals surface area contributed by atoms with Gasteiger partial charge < -0.3 is 24.3 Å². The number of carbonyl (C=O) groups excluding carboxylic acids is 2. The second-order valence-corrected chi connectivity index (χ2v) is 15.5. The normalized spacial score (nSPS) is 27.0. The molecule has 10 heteroatoms. The molecular weight excluding hydrogens is 542 g/mol. The van der Waals surface area contributed by atoms with E-state index < -0.39 is 5.60 Å². The number of piperidine rings is 1. The fourth-order valence-corrected chi connectivity index (χ4v) is 8.34. The van der Waals surface area contributed by atoms with Crippen molar-refractivity contribution in [2.75, 3.05) is 64.3 Å². The van der Waals surface area contributed by atoms with E-state index in [0.29, 0.717) is 18.0 Å². The van der Waals surface area contributed by atoms with Gasteiger partial charge >= 0.3 is 12.1 Å². The molecule has 0 N–H and O–H groups in total. The van der Waals surface area contributed by atoms with Crippen molar-refractivity contribution in [3.05, 3.63) is 11.3 Å². The molecule has 5 heterocycles. The van der Waals surface area contributed by atoms with E-state index in [0.717, 1.165) is 77.4 Å². The van der Waals surface area contributed by atoms with Crippen LogP contribution in [0.4, 0.5) is 15.4 Å². The topological polar surface area (TPSA) is 77.4 Å². The van der Waals surface area contributed by atoms with Crippen molar-refractivity contribution in [1.82, 2.24) is 29.4 Å². The number of aromatic nitrogens is 2. The summed E-state index contributed by atoms with van der Waals surface area (Å²) in [4.78, 5) is 35.7. The minimum Gasteiger partial charge on any atom is -0.444 e. The summed E-state index contributed by atoms with van der Waals surface area (Å²) >= 11 is 0. The number of ether oxygens (including phenoxy) is 1. The smallest absolute Gasteiger partial charge is 0.410 e. The van der Waals surface area contributed by atoms with Crippen molar-refractivity contribution >= 4 is 17.9 Å². The van der Waals surface area contributed by atoms with Crippen LogP contribution in [0, 0.1) is 25.2 Å². The lowest BCUT2D eigenvalue weighted by Crippen LogP contribution is -2.64. The first kappa shape index (κ1) is 31.9. The number of likely N-dealkylation sites (tertiary alicyclic amines) is 1. The standard InChI is InChI=1S/C31H51N7O3.C2H6/c1-21-22(2)38(24-14-31(15-24)19-35(20-31)28(40)41-29(3,4)5)32-26(21)37-10-9-23(13-30(37,6)7)16-34-11-12-36-25(18-34)17-33(8)27(36)39;1-2/h23-25H,9-20H2,1-8H3;1-2H3/t23-,25?;/m1./s1. The SMILES string of the molecule is CC.Cc1c(N2CC[C@@H](CN3CCN4C(=O)N(C)CC4C3)CC2(C)C)nn(C2CC3(C2)CN(C(=O)OC(C)(C)C)C3)c1C. The molecule has 0 aromatic carbocycles. The monoisotopic (exact) mass is 599 g/mol. The van der Waals surface area contributed by atoms with Crippen LogP contribution in [0.25, 0.3) is 0 Å². The first-order valence-electron chi connectivity index (χ1n) is 16.7. The molecule has 4 saturated heterocycles. The summed E-state index contributed by atoms with van der Waals surface area (Å²) in [5.41, 5.74) is 2.39. The van der Waals surface area contributed by atoms with Crippen molar-refractivity contribution < 1.29 is 14.3 Å². The third kappa shape index (κ3) is 6.09. The van der Waals surface area contributed by atoms with Gasteiger partial charge in [-0.05, 0) is 80.1 Å². The summed E-state index contributed by atoms with van der Waals surface area (Å²) in [6, 6.07) is 0.945. The van der Waals surface area contributed by atoms with Gasteiger partial charge in [-0.3, -0.25) is 9.58 Å². The predicted molar refractivity (Wildman–Crippen MR) is 171 cm³/mol. The van der Waals surface area contributed by atoms with Gasteiger partial charge in [0, 0.05) is 81.6 Å². The molecule has 0 radical (unpaired) electrons. The summed E-state index contributed by atoms with van der Waals surface area (Å²) in [6.07, 6.45) is 4.29. The fraction of sp³-hybridized carbons (Fsp3) is 0.848. The molecule has 1 unspecified atom stereocenters. The number of anilines is 1. The predicted octanol–water partition coefficient (Wildman–Crippen LogP) is 5.14. The third-order valence-corrected chi connectivity index (χ3v) is 10.5. The van der Waals surface area contributed by atoms with Crippen LogP contribution in [-0.2, 0) is 4.74 Å². The number of hydrogen-bond acceptors (Lipinski definition) is 6. The molecule has 1 aromatic rings. The zero-order valence-electron chi connectivity index (χ0n) is 28.6. The van der Waals surface area contributed by atoms with Crippen LogP contribution in [0.5, 0.6) is 0 Å². The zero-order valence-corrected chi connectivity index (χ0v) is 28.6. The maximum Gasteiger partial charge on any atom is 0.410 e. The van der Waals surface area contributed by atoms with Crippen molar-refractivity contribution in [2.45, 2.75) is 111 Å². The number of urea groups is 1. The van der Waals surface area contributed by atoms with Crippen molar-refractivity contribution in [1.29, 1.82) is 0 Å². The van der Waals surface area contributed by atoms with Gasteiger partial charge in [-0.15, -0.1) is 0 Å². The number of piperazine rings is 1. The molecule has 1 aliphatic carbocycles. The molecule has 1 aromatic heterocycles. The average Bonchev–Trinajstić information content (AvgIpc) is 3.31. The minimum atomic E-state index is -0.450. The molecule has 4 aliphatic heterocycles. The number of rotatable bonds is 4. The molecule has 6 rings (SSSR count). The fourth-order valence-electron chi connectivity index (χ4n) is 8.34. The van der Waals surface area contributed by atoms with Crippen molar-refractivity contribution in [3.8, 4) is 0 Å². The number of fused-ring (bicyclic) bond motifs is 1. The molecule has 5 fully saturated rings. The molecule has 5 aliphatic rings. The Balaban J connectivity index is 0.00000180. The van der Waals surface area contributed by atoms with Crippen molar-refractivity contribution in [2.24, 2.45) is 11.3 Å². The summed E-state index contributed by atoms with van der Waals surface area (Å²) < 4.78 is 7.84. The Bertz CT molecular complexity index is 1190. The minimum absolute atomic E-state index is 0.0351. The van der Waals surface area contributed by atoms with Gasteiger partial charge in [0.2, 0.25) is 0 Å². The highest BCUT2D eigenvalue weighted by molar-refractivity contribution is 5.77. The van der Waals surface area contributed by atoms with Gasteiger partial charge in [0.1, 0.15) is 5.60 Å². The maximum atomic E-state index is 12.4. The Hall–Kier alpha value is -2.49. The lowest BCUT2D eigenvalue weighted by molar-refractivity contribution is -0.0930. The van der Waals surface area contributed by atoms with Gasteiger partial charge in [-0.1, -0.05) is 13.8 Å². The van der Waals surface area contributed by atoms with Crippen LogP contribution in [-0.4, -0.2) is 118 Å².